The van der Waals surface area contributed by atoms with Gasteiger partial charge in [-0.1, -0.05) is 12.5 Å². The minimum Gasteiger partial charge on any atom is -0.424 e. The van der Waals surface area contributed by atoms with Crippen LogP contribution in [0.2, 0.25) is 6.04 Å². The molecule has 1 aliphatic rings. The van der Waals surface area contributed by atoms with E-state index in [0.717, 1.165) is 6.61 Å². The molecule has 0 radical (unpaired) electrons. The second kappa shape index (κ2) is 8.01. The third-order valence-electron chi connectivity index (χ3n) is 1.90. The zero-order valence-electron chi connectivity index (χ0n) is 8.51. The zero-order valence-corrected chi connectivity index (χ0v) is 9.92. The third kappa shape index (κ3) is 7.74. The van der Waals surface area contributed by atoms with Crippen LogP contribution >= 0.6 is 0 Å². The molecule has 0 saturated carbocycles. The van der Waals surface area contributed by atoms with Gasteiger partial charge in [-0.15, -0.1) is 0 Å². The van der Waals surface area contributed by atoms with Crippen LogP contribution in [-0.4, -0.2) is 22.3 Å². The predicted octanol–water partition coefficient (Wildman–Crippen LogP) is 0.737. The number of primary amides is 1. The van der Waals surface area contributed by atoms with Crippen molar-refractivity contribution in [3.8, 4) is 0 Å². The van der Waals surface area contributed by atoms with Gasteiger partial charge in [0, 0.05) is 12.2 Å². The molecule has 1 heterocycles. The number of hydrogen-bond donors (Lipinski definition) is 1. The molecule has 13 heavy (non-hydrogen) atoms. The molecule has 1 aliphatic heterocycles. The number of carbonyl (C=O) groups is 1. The molecule has 0 atom stereocenters. The second-order valence-corrected chi connectivity index (χ2v) is 4.53. The maximum Gasteiger partial charge on any atom is 0.243 e. The highest BCUT2D eigenvalue weighted by molar-refractivity contribution is 6.27. The Morgan fingerprint density at radius 3 is 2.31 bits per heavy atom. The first-order chi connectivity index (χ1) is 6.18. The SMILES string of the molecule is C/C=C(\C)C(N)=O.C1CC[SiH2]OC1. The van der Waals surface area contributed by atoms with Crippen molar-refractivity contribution in [3.05, 3.63) is 11.6 Å². The highest BCUT2D eigenvalue weighted by Crippen LogP contribution is 2.01. The Morgan fingerprint density at radius 2 is 2.23 bits per heavy atom. The summed E-state index contributed by atoms with van der Waals surface area (Å²) in [5, 5.41) is 0. The summed E-state index contributed by atoms with van der Waals surface area (Å²) >= 11 is 0. The van der Waals surface area contributed by atoms with E-state index in [2.05, 4.69) is 0 Å². The summed E-state index contributed by atoms with van der Waals surface area (Å²) in [6.07, 6.45) is 4.43. The van der Waals surface area contributed by atoms with Gasteiger partial charge in [0.1, 0.15) is 0 Å². The van der Waals surface area contributed by atoms with E-state index >= 15 is 0 Å². The van der Waals surface area contributed by atoms with E-state index in [9.17, 15) is 4.79 Å². The van der Waals surface area contributed by atoms with Gasteiger partial charge in [-0.2, -0.15) is 0 Å². The van der Waals surface area contributed by atoms with Gasteiger partial charge in [-0.05, 0) is 26.3 Å². The van der Waals surface area contributed by atoms with Gasteiger partial charge in [0.2, 0.25) is 5.91 Å². The van der Waals surface area contributed by atoms with Gasteiger partial charge in [0.05, 0.1) is 0 Å². The molecule has 76 valence electrons. The van der Waals surface area contributed by atoms with Crippen LogP contribution in [0.25, 0.3) is 0 Å². The second-order valence-electron chi connectivity index (χ2n) is 3.01. The van der Waals surface area contributed by atoms with Crippen LogP contribution in [0.1, 0.15) is 26.7 Å². The Morgan fingerprint density at radius 1 is 1.54 bits per heavy atom. The highest BCUT2D eigenvalue weighted by atomic mass is 28.2. The standard InChI is InChI=1S/C5H9NO.C4H10OSi/c1-3-4(2)5(6)7;1-2-4-6-5-3-1/h3H,1-2H3,(H2,6,7);1-4,6H2/b4-3+;. The molecular weight excluding hydrogens is 182 g/mol. The van der Waals surface area contributed by atoms with Gasteiger partial charge in [0.25, 0.3) is 0 Å². The van der Waals surface area contributed by atoms with Crippen LogP contribution in [0.5, 0.6) is 0 Å². The monoisotopic (exact) mass is 201 g/mol. The van der Waals surface area contributed by atoms with E-state index in [-0.39, 0.29) is 15.7 Å². The lowest BCUT2D eigenvalue weighted by Crippen LogP contribution is -2.10. The third-order valence-corrected chi connectivity index (χ3v) is 3.27. The largest absolute Gasteiger partial charge is 0.424 e. The van der Waals surface area contributed by atoms with Gasteiger partial charge >= 0.3 is 0 Å². The molecule has 0 spiro atoms. The number of carbonyl (C=O) groups excluding carboxylic acids is 1. The summed E-state index contributed by atoms with van der Waals surface area (Å²) in [4.78, 5) is 10.1. The van der Waals surface area contributed by atoms with E-state index in [1.807, 2.05) is 0 Å². The molecule has 0 aromatic carbocycles. The Kier molecular flexibility index (Phi) is 7.63. The fourth-order valence-electron chi connectivity index (χ4n) is 0.829. The first-order valence-corrected chi connectivity index (χ1v) is 6.26. The highest BCUT2D eigenvalue weighted by Gasteiger charge is 1.96. The van der Waals surface area contributed by atoms with E-state index in [4.69, 9.17) is 10.2 Å². The van der Waals surface area contributed by atoms with Crippen LogP contribution in [0.4, 0.5) is 0 Å². The Bertz CT molecular complexity index is 165. The molecule has 0 aromatic rings. The maximum atomic E-state index is 10.1. The number of amides is 1. The Hall–Kier alpha value is -0.613. The average Bonchev–Trinajstić information content (AvgIpc) is 2.20. The average molecular weight is 201 g/mol. The fourth-order valence-corrected chi connectivity index (χ4v) is 2.00. The number of hydrogen-bond acceptors (Lipinski definition) is 2. The molecule has 0 bridgehead atoms. The number of allylic oxidation sites excluding steroid dienone is 1. The van der Waals surface area contributed by atoms with Crippen molar-refractivity contribution in [2.75, 3.05) is 6.61 Å². The van der Waals surface area contributed by atoms with E-state index in [0.29, 0.717) is 5.57 Å². The molecule has 1 fully saturated rings. The molecule has 1 saturated heterocycles. The van der Waals surface area contributed by atoms with Crippen LogP contribution in [0, 0.1) is 0 Å². The Labute approximate surface area is 82.3 Å². The summed E-state index contributed by atoms with van der Waals surface area (Å²) in [7, 11) is 0.00849. The smallest absolute Gasteiger partial charge is 0.243 e. The van der Waals surface area contributed by atoms with E-state index < -0.39 is 0 Å². The molecule has 0 aliphatic carbocycles. The van der Waals surface area contributed by atoms with E-state index in [1.54, 1.807) is 19.9 Å². The molecule has 2 N–H and O–H groups in total. The minimum atomic E-state index is -0.345. The minimum absolute atomic E-state index is 0.00849. The normalized spacial score (nSPS) is 19.1. The number of nitrogens with two attached hydrogens (primary N) is 1. The fraction of sp³-hybridized carbons (Fsp3) is 0.667. The molecule has 3 nitrogen and oxygen atoms in total. The molecular formula is C9H19NO2Si. The van der Waals surface area contributed by atoms with Crippen molar-refractivity contribution in [2.24, 2.45) is 5.73 Å². The predicted molar refractivity (Wildman–Crippen MR) is 57.2 cm³/mol. The molecule has 1 rings (SSSR count). The summed E-state index contributed by atoms with van der Waals surface area (Å²) in [5.41, 5.74) is 5.45. The molecule has 4 heteroatoms. The van der Waals surface area contributed by atoms with Crippen LogP contribution in [-0.2, 0) is 9.22 Å². The van der Waals surface area contributed by atoms with Crippen LogP contribution in [0.3, 0.4) is 0 Å². The van der Waals surface area contributed by atoms with Crippen molar-refractivity contribution < 1.29 is 9.22 Å². The van der Waals surface area contributed by atoms with Crippen LogP contribution < -0.4 is 5.73 Å². The van der Waals surface area contributed by atoms with Crippen molar-refractivity contribution in [3.63, 3.8) is 0 Å². The topological polar surface area (TPSA) is 52.3 Å². The quantitative estimate of drug-likeness (QED) is 0.502. The van der Waals surface area contributed by atoms with Gasteiger partial charge in [0.15, 0.2) is 9.76 Å². The zero-order chi connectivity index (χ0) is 10.1. The van der Waals surface area contributed by atoms with Crippen LogP contribution in [0.15, 0.2) is 11.6 Å². The first kappa shape index (κ1) is 12.4. The first-order valence-electron chi connectivity index (χ1n) is 4.69. The van der Waals surface area contributed by atoms with Crippen molar-refractivity contribution in [2.45, 2.75) is 32.7 Å². The van der Waals surface area contributed by atoms with Crippen molar-refractivity contribution in [1.82, 2.24) is 0 Å². The lowest BCUT2D eigenvalue weighted by atomic mass is 10.3. The lowest BCUT2D eigenvalue weighted by molar-refractivity contribution is -0.114. The molecule has 0 aromatic heterocycles. The summed E-state index contributed by atoms with van der Waals surface area (Å²) in [6, 6.07) is 1.42. The lowest BCUT2D eigenvalue weighted by Gasteiger charge is -2.07. The summed E-state index contributed by atoms with van der Waals surface area (Å²) < 4.78 is 5.21. The molecule has 0 unspecified atom stereocenters. The van der Waals surface area contributed by atoms with Gasteiger partial charge in [-0.25, -0.2) is 0 Å². The van der Waals surface area contributed by atoms with Gasteiger partial charge < -0.3 is 10.2 Å². The number of rotatable bonds is 1. The van der Waals surface area contributed by atoms with Crippen molar-refractivity contribution >= 4 is 15.7 Å². The van der Waals surface area contributed by atoms with Crippen molar-refractivity contribution in [1.29, 1.82) is 0 Å². The summed E-state index contributed by atoms with van der Waals surface area (Å²) in [6.45, 7) is 4.52. The summed E-state index contributed by atoms with van der Waals surface area (Å²) in [5.74, 6) is -0.345. The Balaban J connectivity index is 0.000000223. The molecule has 1 amide bonds. The maximum absolute atomic E-state index is 10.1. The van der Waals surface area contributed by atoms with Gasteiger partial charge in [-0.3, -0.25) is 4.79 Å². The van der Waals surface area contributed by atoms with E-state index in [1.165, 1.54) is 18.9 Å².